The van der Waals surface area contributed by atoms with Gasteiger partial charge in [0.05, 0.1) is 18.1 Å². The van der Waals surface area contributed by atoms with Gasteiger partial charge in [-0.3, -0.25) is 8.74 Å². The summed E-state index contributed by atoms with van der Waals surface area (Å²) in [6.45, 7) is 1.25. The van der Waals surface area contributed by atoms with Gasteiger partial charge in [0.25, 0.3) is 0 Å². The molecule has 1 rings (SSSR count). The Hall–Kier alpha value is -0.800. The van der Waals surface area contributed by atoms with Crippen LogP contribution in [-0.2, 0) is 29.8 Å². The van der Waals surface area contributed by atoms with Gasteiger partial charge < -0.3 is 0 Å². The molecule has 0 amide bonds. The number of hydrogen-bond donors (Lipinski definition) is 1. The fourth-order valence-corrected chi connectivity index (χ4v) is 2.14. The minimum Gasteiger partial charge on any atom is -0.284 e. The van der Waals surface area contributed by atoms with Crippen LogP contribution in [0.5, 0.6) is 0 Å². The monoisotopic (exact) mass is 280 g/mol. The van der Waals surface area contributed by atoms with Crippen LogP contribution in [0, 0.1) is 6.92 Å². The zero-order valence-electron chi connectivity index (χ0n) is 9.03. The molecule has 0 spiro atoms. The molecule has 0 aliphatic heterocycles. The second-order valence-electron chi connectivity index (χ2n) is 3.12. The van der Waals surface area contributed by atoms with E-state index < -0.39 is 28.1 Å². The molecule has 1 aromatic rings. The molecule has 6 nitrogen and oxygen atoms in total. The Labute approximate surface area is 102 Å². The minimum atomic E-state index is -4.47. The molecule has 17 heavy (non-hydrogen) atoms. The minimum absolute atomic E-state index is 0.208. The van der Waals surface area contributed by atoms with E-state index in [0.717, 1.165) is 5.56 Å². The zero-order chi connectivity index (χ0) is 12.9. The predicted octanol–water partition coefficient (Wildman–Crippen LogP) is 0.854. The van der Waals surface area contributed by atoms with E-state index in [0.29, 0.717) is 4.90 Å². The Kier molecular flexibility index (Phi) is 5.22. The molecule has 0 aliphatic carbocycles. The van der Waals surface area contributed by atoms with Gasteiger partial charge in [-0.05, 0) is 24.6 Å². The molecule has 1 N–H and O–H groups in total. The molecule has 1 unspecified atom stereocenters. The Bertz CT molecular complexity index is 496. The lowest BCUT2D eigenvalue weighted by molar-refractivity contribution is 0.212. The van der Waals surface area contributed by atoms with E-state index in [4.69, 9.17) is 8.74 Å². The van der Waals surface area contributed by atoms with Crippen LogP contribution in [0.4, 0.5) is 0 Å². The van der Waals surface area contributed by atoms with Crippen LogP contribution in [0.2, 0.25) is 0 Å². The Morgan fingerprint density at radius 3 is 2.65 bits per heavy atom. The number of benzene rings is 1. The van der Waals surface area contributed by atoms with Crippen LogP contribution in [0.1, 0.15) is 5.56 Å². The van der Waals surface area contributed by atoms with Gasteiger partial charge in [0.2, 0.25) is 0 Å². The number of rotatable bonds is 6. The molecule has 96 valence electrons. The van der Waals surface area contributed by atoms with Crippen molar-refractivity contribution in [1.82, 2.24) is 0 Å². The van der Waals surface area contributed by atoms with Crippen molar-refractivity contribution in [3.63, 3.8) is 0 Å². The normalized spacial score (nSPS) is 13.5. The summed E-state index contributed by atoms with van der Waals surface area (Å²) in [5.41, 5.74) is 0.939. The Balaban J connectivity index is 2.41. The molecule has 0 aliphatic rings. The highest BCUT2D eigenvalue weighted by Crippen LogP contribution is 2.09. The van der Waals surface area contributed by atoms with E-state index in [1.54, 1.807) is 18.2 Å². The van der Waals surface area contributed by atoms with Gasteiger partial charge >= 0.3 is 10.4 Å². The Morgan fingerprint density at radius 1 is 1.35 bits per heavy atom. The smallest absolute Gasteiger partial charge is 0.284 e. The molecule has 0 heterocycles. The second-order valence-corrected chi connectivity index (χ2v) is 5.39. The van der Waals surface area contributed by atoms with E-state index >= 15 is 0 Å². The highest BCUT2D eigenvalue weighted by atomic mass is 32.3. The summed E-state index contributed by atoms with van der Waals surface area (Å²) in [4.78, 5) is 0.483. The highest BCUT2D eigenvalue weighted by molar-refractivity contribution is 7.81. The summed E-state index contributed by atoms with van der Waals surface area (Å²) in [5, 5.41) is 0. The third kappa shape index (κ3) is 5.89. The first-order valence-corrected chi connectivity index (χ1v) is 7.06. The second kappa shape index (κ2) is 6.22. The maximum absolute atomic E-state index is 11.5. The molecule has 0 aromatic heterocycles. The first kappa shape index (κ1) is 14.3. The van der Waals surface area contributed by atoms with Gasteiger partial charge in [-0.25, -0.2) is 8.39 Å². The van der Waals surface area contributed by atoms with Crippen LogP contribution in [-0.4, -0.2) is 30.4 Å². The zero-order valence-corrected chi connectivity index (χ0v) is 10.7. The Morgan fingerprint density at radius 2 is 2.06 bits per heavy atom. The standard InChI is InChI=1S/C9H12O6S2/c1-8-3-2-4-9(7-8)16(10)14-5-6-15-17(11,12)13/h2-4,7H,5-6H2,1H3,(H,11,12,13). The van der Waals surface area contributed by atoms with E-state index in [2.05, 4.69) is 4.18 Å². The quantitative estimate of drug-likeness (QED) is 0.614. The molecule has 0 bridgehead atoms. The third-order valence-corrected chi connectivity index (χ3v) is 3.17. The first-order valence-electron chi connectivity index (χ1n) is 4.62. The fraction of sp³-hybridized carbons (Fsp3) is 0.333. The highest BCUT2D eigenvalue weighted by Gasteiger charge is 2.07. The van der Waals surface area contributed by atoms with Crippen molar-refractivity contribution in [2.45, 2.75) is 11.8 Å². The molecule has 1 aromatic carbocycles. The molecule has 0 saturated carbocycles. The van der Waals surface area contributed by atoms with Crippen molar-refractivity contribution < 1.29 is 25.5 Å². The maximum Gasteiger partial charge on any atom is 0.397 e. The lowest BCUT2D eigenvalue weighted by Crippen LogP contribution is -2.11. The van der Waals surface area contributed by atoms with Crippen molar-refractivity contribution >= 4 is 21.5 Å². The third-order valence-electron chi connectivity index (χ3n) is 1.69. The van der Waals surface area contributed by atoms with Gasteiger partial charge in [-0.1, -0.05) is 12.1 Å². The summed E-state index contributed by atoms with van der Waals surface area (Å²) in [6, 6.07) is 6.91. The van der Waals surface area contributed by atoms with Crippen molar-refractivity contribution in [1.29, 1.82) is 0 Å². The van der Waals surface area contributed by atoms with E-state index in [1.807, 2.05) is 13.0 Å². The molecule has 8 heteroatoms. The topological polar surface area (TPSA) is 89.9 Å². The fourth-order valence-electron chi connectivity index (χ4n) is 1.04. The maximum atomic E-state index is 11.5. The van der Waals surface area contributed by atoms with E-state index in [9.17, 15) is 12.6 Å². The summed E-state index contributed by atoms with van der Waals surface area (Å²) >= 11 is -1.68. The van der Waals surface area contributed by atoms with Crippen molar-refractivity contribution in [2.24, 2.45) is 0 Å². The van der Waals surface area contributed by atoms with Crippen molar-refractivity contribution in [3.8, 4) is 0 Å². The van der Waals surface area contributed by atoms with Crippen LogP contribution in [0.15, 0.2) is 29.2 Å². The summed E-state index contributed by atoms with van der Waals surface area (Å²) < 4.78 is 49.0. The summed E-state index contributed by atoms with van der Waals surface area (Å²) in [6.07, 6.45) is 0. The van der Waals surface area contributed by atoms with Crippen molar-refractivity contribution in [2.75, 3.05) is 13.2 Å². The van der Waals surface area contributed by atoms with Crippen LogP contribution in [0.3, 0.4) is 0 Å². The first-order chi connectivity index (χ1) is 7.88. The lowest BCUT2D eigenvalue weighted by atomic mass is 10.2. The van der Waals surface area contributed by atoms with Gasteiger partial charge in [-0.15, -0.1) is 0 Å². The van der Waals surface area contributed by atoms with Gasteiger partial charge in [0.15, 0.2) is 11.1 Å². The SMILES string of the molecule is Cc1cccc(S(=O)OCCOS(=O)(=O)O)c1. The van der Waals surface area contributed by atoms with Crippen LogP contribution >= 0.6 is 0 Å². The van der Waals surface area contributed by atoms with E-state index in [1.165, 1.54) is 0 Å². The molecular weight excluding hydrogens is 268 g/mol. The largest absolute Gasteiger partial charge is 0.397 e. The van der Waals surface area contributed by atoms with Crippen LogP contribution < -0.4 is 0 Å². The molecule has 0 radical (unpaired) electrons. The lowest BCUT2D eigenvalue weighted by Gasteiger charge is -2.03. The van der Waals surface area contributed by atoms with Crippen molar-refractivity contribution in [3.05, 3.63) is 29.8 Å². The van der Waals surface area contributed by atoms with E-state index in [-0.39, 0.29) is 6.61 Å². The van der Waals surface area contributed by atoms with Crippen LogP contribution in [0.25, 0.3) is 0 Å². The molecule has 0 saturated heterocycles. The molecule has 1 atom stereocenters. The van der Waals surface area contributed by atoms with Gasteiger partial charge in [0.1, 0.15) is 0 Å². The molecule has 0 fully saturated rings. The summed E-state index contributed by atoms with van der Waals surface area (Å²) in [7, 11) is -4.47. The number of hydrogen-bond acceptors (Lipinski definition) is 5. The summed E-state index contributed by atoms with van der Waals surface area (Å²) in [5.74, 6) is 0. The average molecular weight is 280 g/mol. The van der Waals surface area contributed by atoms with Gasteiger partial charge in [0, 0.05) is 0 Å². The number of aryl methyl sites for hydroxylation is 1. The molecular formula is C9H12O6S2. The predicted molar refractivity (Wildman–Crippen MR) is 61.0 cm³/mol. The average Bonchev–Trinajstić information content (AvgIpc) is 2.23. The van der Waals surface area contributed by atoms with Gasteiger partial charge in [-0.2, -0.15) is 8.42 Å².